The van der Waals surface area contributed by atoms with Crippen LogP contribution in [0.3, 0.4) is 0 Å². The van der Waals surface area contributed by atoms with Crippen LogP contribution >= 0.6 is 0 Å². The summed E-state index contributed by atoms with van der Waals surface area (Å²) in [6, 6.07) is 11.1. The van der Waals surface area contributed by atoms with Crippen molar-refractivity contribution in [2.75, 3.05) is 12.0 Å². The Morgan fingerprint density at radius 3 is 2.95 bits per heavy atom. The minimum absolute atomic E-state index is 0.669. The van der Waals surface area contributed by atoms with Gasteiger partial charge in [-0.25, -0.2) is 10.8 Å². The lowest BCUT2D eigenvalue weighted by molar-refractivity contribution is 0.199. The molecule has 112 valence electrons. The van der Waals surface area contributed by atoms with Crippen molar-refractivity contribution in [1.82, 2.24) is 9.88 Å². The number of nitrogens with zero attached hydrogens (tertiary/aromatic N) is 2. The zero-order chi connectivity index (χ0) is 14.8. The van der Waals surface area contributed by atoms with Crippen LogP contribution < -0.4 is 11.3 Å². The number of hydrogen-bond acceptors (Lipinski definition) is 4. The van der Waals surface area contributed by atoms with E-state index in [1.54, 1.807) is 0 Å². The normalized spacial score (nSPS) is 19.5. The average molecular weight is 284 g/mol. The molecule has 1 aliphatic rings. The van der Waals surface area contributed by atoms with Crippen molar-refractivity contribution in [3.8, 4) is 0 Å². The van der Waals surface area contributed by atoms with E-state index < -0.39 is 0 Å². The topological polar surface area (TPSA) is 54.2 Å². The minimum atomic E-state index is 0.669. The molecule has 3 rings (SSSR count). The Bertz CT molecular complexity index is 623. The second kappa shape index (κ2) is 6.00. The van der Waals surface area contributed by atoms with Gasteiger partial charge in [-0.15, -0.1) is 0 Å². The first-order valence-electron chi connectivity index (χ1n) is 7.78. The summed E-state index contributed by atoms with van der Waals surface area (Å²) >= 11 is 0. The van der Waals surface area contributed by atoms with E-state index in [0.717, 1.165) is 17.9 Å². The van der Waals surface area contributed by atoms with Crippen LogP contribution in [-0.4, -0.2) is 22.5 Å². The third kappa shape index (κ3) is 2.87. The van der Waals surface area contributed by atoms with E-state index in [-0.39, 0.29) is 0 Å². The maximum absolute atomic E-state index is 5.68. The van der Waals surface area contributed by atoms with Gasteiger partial charge < -0.3 is 5.43 Å². The van der Waals surface area contributed by atoms with Crippen LogP contribution in [0.25, 0.3) is 10.9 Å². The lowest BCUT2D eigenvalue weighted by Gasteiger charge is -2.28. The van der Waals surface area contributed by atoms with Crippen molar-refractivity contribution in [3.63, 3.8) is 0 Å². The molecule has 1 saturated heterocycles. The smallest absolute Gasteiger partial charge is 0.145 e. The molecule has 0 saturated carbocycles. The quantitative estimate of drug-likeness (QED) is 0.669. The molecule has 0 amide bonds. The van der Waals surface area contributed by atoms with Crippen molar-refractivity contribution in [1.29, 1.82) is 0 Å². The number of nitrogens with one attached hydrogen (secondary N) is 1. The average Bonchev–Trinajstić information content (AvgIpc) is 2.95. The predicted octanol–water partition coefficient (Wildman–Crippen LogP) is 3.14. The molecule has 0 radical (unpaired) electrons. The van der Waals surface area contributed by atoms with Gasteiger partial charge in [0.2, 0.25) is 0 Å². The molecular weight excluding hydrogens is 260 g/mol. The Labute approximate surface area is 126 Å². The number of nitrogens with two attached hydrogens (primary N) is 1. The molecule has 4 nitrogen and oxygen atoms in total. The molecule has 3 N–H and O–H groups in total. The van der Waals surface area contributed by atoms with Gasteiger partial charge in [-0.3, -0.25) is 4.90 Å². The number of fused-ring (bicyclic) bond motifs is 1. The number of nitrogen functional groups attached to an aromatic ring is 1. The molecule has 0 spiro atoms. The summed E-state index contributed by atoms with van der Waals surface area (Å²) in [5, 5.41) is 1.17. The molecule has 1 aromatic carbocycles. The van der Waals surface area contributed by atoms with Crippen LogP contribution in [0, 0.1) is 5.92 Å². The molecule has 1 aromatic heterocycles. The highest BCUT2D eigenvalue weighted by molar-refractivity contribution is 5.81. The molecule has 21 heavy (non-hydrogen) atoms. The van der Waals surface area contributed by atoms with Crippen LogP contribution in [0.1, 0.15) is 32.3 Å². The van der Waals surface area contributed by atoms with Crippen molar-refractivity contribution in [3.05, 3.63) is 35.9 Å². The fraction of sp³-hybridized carbons (Fsp3) is 0.471. The van der Waals surface area contributed by atoms with Gasteiger partial charge in [-0.05, 0) is 37.4 Å². The number of hydrogen-bond donors (Lipinski definition) is 2. The third-order valence-corrected chi connectivity index (χ3v) is 4.50. The Hall–Kier alpha value is -1.65. The molecular formula is C17H24N4. The van der Waals surface area contributed by atoms with Crippen molar-refractivity contribution in [2.24, 2.45) is 11.8 Å². The summed E-state index contributed by atoms with van der Waals surface area (Å²) in [6.45, 7) is 6.70. The van der Waals surface area contributed by atoms with Gasteiger partial charge >= 0.3 is 0 Å². The summed E-state index contributed by atoms with van der Waals surface area (Å²) in [5.74, 6) is 7.16. The second-order valence-corrected chi connectivity index (χ2v) is 6.26. The van der Waals surface area contributed by atoms with Gasteiger partial charge in [0, 0.05) is 23.5 Å². The Morgan fingerprint density at radius 2 is 2.19 bits per heavy atom. The van der Waals surface area contributed by atoms with Crippen LogP contribution in [0.4, 0.5) is 5.82 Å². The predicted molar refractivity (Wildman–Crippen MR) is 87.8 cm³/mol. The van der Waals surface area contributed by atoms with E-state index >= 15 is 0 Å². The largest absolute Gasteiger partial charge is 0.308 e. The van der Waals surface area contributed by atoms with E-state index in [1.807, 2.05) is 12.1 Å². The van der Waals surface area contributed by atoms with E-state index in [4.69, 9.17) is 5.84 Å². The van der Waals surface area contributed by atoms with Crippen LogP contribution in [0.5, 0.6) is 0 Å². The van der Waals surface area contributed by atoms with E-state index in [1.165, 1.54) is 30.3 Å². The van der Waals surface area contributed by atoms with Gasteiger partial charge in [0.1, 0.15) is 5.82 Å². The van der Waals surface area contributed by atoms with Crippen LogP contribution in [0.2, 0.25) is 0 Å². The highest BCUT2D eigenvalue weighted by Crippen LogP contribution is 2.28. The van der Waals surface area contributed by atoms with Crippen LogP contribution in [-0.2, 0) is 6.54 Å². The fourth-order valence-corrected chi connectivity index (χ4v) is 3.43. The molecule has 0 bridgehead atoms. The summed E-state index contributed by atoms with van der Waals surface area (Å²) in [5.41, 5.74) is 4.93. The van der Waals surface area contributed by atoms with Gasteiger partial charge in [0.05, 0.1) is 5.52 Å². The summed E-state index contributed by atoms with van der Waals surface area (Å²) in [7, 11) is 0. The lowest BCUT2D eigenvalue weighted by atomic mass is 10.0. The van der Waals surface area contributed by atoms with Gasteiger partial charge in [-0.2, -0.15) is 0 Å². The zero-order valence-electron chi connectivity index (χ0n) is 12.8. The fourth-order valence-electron chi connectivity index (χ4n) is 3.43. The molecule has 2 heterocycles. The number of likely N-dealkylation sites (tertiary alicyclic amines) is 1. The number of para-hydroxylation sites is 1. The van der Waals surface area contributed by atoms with E-state index in [2.05, 4.69) is 47.4 Å². The second-order valence-electron chi connectivity index (χ2n) is 6.26. The molecule has 4 heteroatoms. The Balaban J connectivity index is 1.92. The van der Waals surface area contributed by atoms with Gasteiger partial charge in [0.15, 0.2) is 0 Å². The highest BCUT2D eigenvalue weighted by Gasteiger charge is 2.27. The van der Waals surface area contributed by atoms with Gasteiger partial charge in [-0.1, -0.05) is 32.0 Å². The summed E-state index contributed by atoms with van der Waals surface area (Å²) in [6.07, 6.45) is 2.58. The van der Waals surface area contributed by atoms with Crippen molar-refractivity contribution < 1.29 is 0 Å². The molecule has 1 atom stereocenters. The van der Waals surface area contributed by atoms with E-state index in [9.17, 15) is 0 Å². The van der Waals surface area contributed by atoms with Crippen molar-refractivity contribution in [2.45, 2.75) is 39.3 Å². The summed E-state index contributed by atoms with van der Waals surface area (Å²) in [4.78, 5) is 7.21. The minimum Gasteiger partial charge on any atom is -0.308 e. The Kier molecular flexibility index (Phi) is 4.08. The lowest BCUT2D eigenvalue weighted by Crippen LogP contribution is -2.33. The zero-order valence-corrected chi connectivity index (χ0v) is 12.8. The number of anilines is 1. The summed E-state index contributed by atoms with van der Waals surface area (Å²) < 4.78 is 0. The van der Waals surface area contributed by atoms with Gasteiger partial charge in [0.25, 0.3) is 0 Å². The number of benzene rings is 1. The molecule has 1 fully saturated rings. The molecule has 0 aliphatic carbocycles. The molecule has 1 aliphatic heterocycles. The molecule has 2 aromatic rings. The number of pyridine rings is 1. The highest BCUT2D eigenvalue weighted by atomic mass is 15.3. The standard InChI is InChI=1S/C17H24N4/c1-12(2)16-8-5-9-21(16)11-14-10-13-6-3-4-7-15(13)19-17(14)20-18/h3-4,6-7,10,12,16H,5,8-9,11,18H2,1-2H3,(H,19,20). The maximum Gasteiger partial charge on any atom is 0.145 e. The first kappa shape index (κ1) is 14.3. The first-order valence-corrected chi connectivity index (χ1v) is 7.78. The van der Waals surface area contributed by atoms with E-state index in [0.29, 0.717) is 12.0 Å². The first-order chi connectivity index (χ1) is 10.2. The van der Waals surface area contributed by atoms with Crippen molar-refractivity contribution >= 4 is 16.7 Å². The molecule has 1 unspecified atom stereocenters. The Morgan fingerprint density at radius 1 is 1.38 bits per heavy atom. The number of rotatable bonds is 4. The monoisotopic (exact) mass is 284 g/mol. The number of aromatic nitrogens is 1. The van der Waals surface area contributed by atoms with Crippen LogP contribution in [0.15, 0.2) is 30.3 Å². The SMILES string of the molecule is CC(C)C1CCCN1Cc1cc2ccccc2nc1NN. The number of hydrazine groups is 1. The third-order valence-electron chi connectivity index (χ3n) is 4.50. The maximum atomic E-state index is 5.68.